The van der Waals surface area contributed by atoms with Gasteiger partial charge in [-0.15, -0.1) is 0 Å². The van der Waals surface area contributed by atoms with Crippen molar-refractivity contribution >= 4 is 23.0 Å². The zero-order valence-corrected chi connectivity index (χ0v) is 19.7. The van der Waals surface area contributed by atoms with Gasteiger partial charge in [0.2, 0.25) is 0 Å². The van der Waals surface area contributed by atoms with Crippen molar-refractivity contribution in [3.63, 3.8) is 0 Å². The van der Waals surface area contributed by atoms with Crippen LogP contribution >= 0.6 is 12.2 Å². The van der Waals surface area contributed by atoms with E-state index in [1.54, 1.807) is 7.11 Å². The predicted octanol–water partition coefficient (Wildman–Crippen LogP) is 5.67. The first-order valence-electron chi connectivity index (χ1n) is 11.0. The Morgan fingerprint density at radius 1 is 0.909 bits per heavy atom. The van der Waals surface area contributed by atoms with Gasteiger partial charge in [-0.1, -0.05) is 24.3 Å². The Kier molecular flexibility index (Phi) is 5.60. The molecule has 33 heavy (non-hydrogen) atoms. The smallest absolute Gasteiger partial charge is 0.174 e. The molecule has 0 spiro atoms. The third-order valence-electron chi connectivity index (χ3n) is 6.25. The summed E-state index contributed by atoms with van der Waals surface area (Å²) < 4.78 is 7.67. The number of hydrogen-bond acceptors (Lipinski definition) is 3. The minimum absolute atomic E-state index is 0.0514. The van der Waals surface area contributed by atoms with Gasteiger partial charge in [-0.2, -0.15) is 0 Å². The van der Waals surface area contributed by atoms with Gasteiger partial charge in [0.1, 0.15) is 5.75 Å². The molecule has 2 atom stereocenters. The van der Waals surface area contributed by atoms with Crippen LogP contribution in [-0.4, -0.2) is 21.8 Å². The lowest BCUT2D eigenvalue weighted by atomic mass is 9.96. The van der Waals surface area contributed by atoms with Crippen molar-refractivity contribution in [3.05, 3.63) is 108 Å². The van der Waals surface area contributed by atoms with Crippen LogP contribution in [0.5, 0.6) is 5.75 Å². The van der Waals surface area contributed by atoms with Gasteiger partial charge in [0.25, 0.3) is 0 Å². The Balaban J connectivity index is 1.66. The maximum atomic E-state index is 5.86. The maximum Gasteiger partial charge on any atom is 0.174 e. The third kappa shape index (κ3) is 3.76. The first-order valence-corrected chi connectivity index (χ1v) is 11.4. The normalized spacial score (nSPS) is 17.8. The van der Waals surface area contributed by atoms with Gasteiger partial charge in [0.05, 0.1) is 24.9 Å². The molecule has 6 heteroatoms. The number of nitrogens with one attached hydrogen (secondary N) is 1. The van der Waals surface area contributed by atoms with E-state index in [0.29, 0.717) is 5.11 Å². The topological polar surface area (TPSA) is 42.3 Å². The molecule has 5 nitrogen and oxygen atoms in total. The molecule has 1 N–H and O–H groups in total. The van der Waals surface area contributed by atoms with Gasteiger partial charge >= 0.3 is 0 Å². The fraction of sp³-hybridized carbons (Fsp3) is 0.185. The lowest BCUT2D eigenvalue weighted by Gasteiger charge is -2.28. The molecule has 0 saturated carbocycles. The number of pyridine rings is 1. The van der Waals surface area contributed by atoms with Crippen molar-refractivity contribution in [3.8, 4) is 11.4 Å². The van der Waals surface area contributed by atoms with Crippen LogP contribution in [0.15, 0.2) is 85.1 Å². The van der Waals surface area contributed by atoms with Gasteiger partial charge in [-0.05, 0) is 86.2 Å². The average molecular weight is 455 g/mol. The molecule has 1 fully saturated rings. The van der Waals surface area contributed by atoms with Crippen molar-refractivity contribution < 1.29 is 4.74 Å². The van der Waals surface area contributed by atoms with Crippen molar-refractivity contribution in [2.45, 2.75) is 25.9 Å². The second-order valence-corrected chi connectivity index (χ2v) is 8.58. The summed E-state index contributed by atoms with van der Waals surface area (Å²) in [7, 11) is 1.68. The molecule has 4 aromatic rings. The number of para-hydroxylation sites is 1. The third-order valence-corrected chi connectivity index (χ3v) is 6.57. The predicted molar refractivity (Wildman–Crippen MR) is 136 cm³/mol. The first-order chi connectivity index (χ1) is 16.1. The van der Waals surface area contributed by atoms with E-state index < -0.39 is 0 Å². The molecule has 0 radical (unpaired) electrons. The van der Waals surface area contributed by atoms with E-state index in [4.69, 9.17) is 17.0 Å². The van der Waals surface area contributed by atoms with Gasteiger partial charge in [-0.25, -0.2) is 0 Å². The van der Waals surface area contributed by atoms with E-state index in [1.807, 2.05) is 36.5 Å². The van der Waals surface area contributed by atoms with Crippen molar-refractivity contribution in [1.29, 1.82) is 0 Å². The van der Waals surface area contributed by atoms with E-state index >= 15 is 0 Å². The molecule has 166 valence electrons. The average Bonchev–Trinajstić information content (AvgIpc) is 3.35. The highest BCUT2D eigenvalue weighted by molar-refractivity contribution is 7.80. The summed E-state index contributed by atoms with van der Waals surface area (Å²) in [4.78, 5) is 6.87. The molecule has 5 rings (SSSR count). The molecule has 0 amide bonds. The van der Waals surface area contributed by atoms with Gasteiger partial charge in [-0.3, -0.25) is 4.98 Å². The molecule has 1 aliphatic rings. The Labute approximate surface area is 199 Å². The van der Waals surface area contributed by atoms with Crippen molar-refractivity contribution in [1.82, 2.24) is 14.9 Å². The number of benzene rings is 2. The Morgan fingerprint density at radius 3 is 2.30 bits per heavy atom. The lowest BCUT2D eigenvalue weighted by molar-refractivity contribution is 0.415. The fourth-order valence-corrected chi connectivity index (χ4v) is 5.10. The zero-order chi connectivity index (χ0) is 22.9. The van der Waals surface area contributed by atoms with E-state index in [2.05, 4.69) is 82.1 Å². The monoisotopic (exact) mass is 454 g/mol. The van der Waals surface area contributed by atoms with Crippen LogP contribution in [0.4, 0.5) is 5.69 Å². The number of rotatable bonds is 5. The van der Waals surface area contributed by atoms with Crippen molar-refractivity contribution in [2.75, 3.05) is 12.0 Å². The highest BCUT2D eigenvalue weighted by atomic mass is 32.1. The number of methoxy groups -OCH3 is 1. The summed E-state index contributed by atoms with van der Waals surface area (Å²) in [6.07, 6.45) is 1.83. The highest BCUT2D eigenvalue weighted by Crippen LogP contribution is 2.43. The number of hydrogen-bond donors (Lipinski definition) is 1. The molecule has 3 heterocycles. The molecule has 2 aromatic heterocycles. The van der Waals surface area contributed by atoms with E-state index in [1.165, 1.54) is 17.0 Å². The van der Waals surface area contributed by atoms with Crippen LogP contribution < -0.4 is 15.0 Å². The Bertz CT molecular complexity index is 1270. The summed E-state index contributed by atoms with van der Waals surface area (Å²) in [5.74, 6) is 0.817. The van der Waals surface area contributed by atoms with E-state index in [0.717, 1.165) is 22.8 Å². The number of nitrogens with zero attached hydrogens (tertiary/aromatic N) is 3. The molecule has 0 bridgehead atoms. The largest absolute Gasteiger partial charge is 0.497 e. The molecule has 0 unspecified atom stereocenters. The van der Waals surface area contributed by atoms with E-state index in [-0.39, 0.29) is 12.1 Å². The number of anilines is 1. The number of aromatic nitrogens is 2. The first kappa shape index (κ1) is 21.2. The van der Waals surface area contributed by atoms with Gasteiger partial charge in [0.15, 0.2) is 5.11 Å². The molecule has 2 aromatic carbocycles. The summed E-state index contributed by atoms with van der Waals surface area (Å²) in [5.41, 5.74) is 6.72. The number of aryl methyl sites for hydroxylation is 1. The molecule has 1 saturated heterocycles. The maximum absolute atomic E-state index is 5.86. The summed E-state index contributed by atoms with van der Waals surface area (Å²) >= 11 is 5.86. The van der Waals surface area contributed by atoms with Crippen molar-refractivity contribution in [2.24, 2.45) is 0 Å². The molecule has 1 aliphatic heterocycles. The Hall–Kier alpha value is -3.64. The van der Waals surface area contributed by atoms with Gasteiger partial charge in [0, 0.05) is 29.0 Å². The van der Waals surface area contributed by atoms with Gasteiger partial charge < -0.3 is 19.5 Å². The summed E-state index contributed by atoms with van der Waals surface area (Å²) in [6.45, 7) is 4.33. The lowest BCUT2D eigenvalue weighted by Crippen LogP contribution is -2.29. The van der Waals surface area contributed by atoms with E-state index in [9.17, 15) is 0 Å². The van der Waals surface area contributed by atoms with Crippen LogP contribution in [0.2, 0.25) is 0 Å². The van der Waals surface area contributed by atoms with Crippen LogP contribution in [0.25, 0.3) is 5.69 Å². The standard InChI is InChI=1S/C27H26N4OS/c1-18-17-23(19(2)30(18)20-9-5-4-6-10-20)26-25(24-11-7-8-16-28-24)29-27(33)31(26)21-12-14-22(32-3)15-13-21/h4-17,25-26H,1-3H3,(H,29,33)/t25-,26+/m0/s1. The molecular formula is C27H26N4OS. The highest BCUT2D eigenvalue weighted by Gasteiger charge is 2.42. The second kappa shape index (κ2) is 8.71. The molecule has 0 aliphatic carbocycles. The summed E-state index contributed by atoms with van der Waals surface area (Å²) in [6, 6.07) is 26.7. The second-order valence-electron chi connectivity index (χ2n) is 8.19. The molecular weight excluding hydrogens is 428 g/mol. The van der Waals surface area contributed by atoms with Crippen LogP contribution in [-0.2, 0) is 0 Å². The SMILES string of the molecule is COc1ccc(N2C(=S)N[C@@H](c3ccccn3)[C@H]2c2cc(C)n(-c3ccccc3)c2C)cc1. The minimum Gasteiger partial charge on any atom is -0.497 e. The van der Waals surface area contributed by atoms with Crippen LogP contribution in [0, 0.1) is 13.8 Å². The van der Waals surface area contributed by atoms with Crippen LogP contribution in [0.1, 0.15) is 34.7 Å². The Morgan fingerprint density at radius 2 is 1.64 bits per heavy atom. The summed E-state index contributed by atoms with van der Waals surface area (Å²) in [5, 5.41) is 4.23. The van der Waals surface area contributed by atoms with Crippen LogP contribution in [0.3, 0.4) is 0 Å². The number of thiocarbonyl (C=S) groups is 1. The minimum atomic E-state index is -0.0782. The fourth-order valence-electron chi connectivity index (χ4n) is 4.75. The quantitative estimate of drug-likeness (QED) is 0.393. The zero-order valence-electron chi connectivity index (χ0n) is 18.9. The number of ether oxygens (including phenoxy) is 1.